The molecule has 1 atom stereocenters. The van der Waals surface area contributed by atoms with Crippen molar-refractivity contribution in [2.24, 2.45) is 7.05 Å². The van der Waals surface area contributed by atoms with Crippen LogP contribution in [0.4, 0.5) is 10.5 Å². The molecule has 2 amide bonds. The number of amides is 2. The van der Waals surface area contributed by atoms with Gasteiger partial charge in [0, 0.05) is 26.2 Å². The van der Waals surface area contributed by atoms with E-state index in [1.165, 1.54) is 12.8 Å². The first-order valence-corrected chi connectivity index (χ1v) is 13.9. The van der Waals surface area contributed by atoms with E-state index in [4.69, 9.17) is 14.5 Å². The molecule has 0 saturated carbocycles. The third-order valence-electron chi connectivity index (χ3n) is 7.33. The average Bonchev–Trinajstić information content (AvgIpc) is 3.63. The number of fused-ring (bicyclic) bond motifs is 1. The first kappa shape index (κ1) is 25.3. The highest BCUT2D eigenvalue weighted by Gasteiger charge is 2.43. The zero-order valence-electron chi connectivity index (χ0n) is 22.0. The number of imide groups is 1. The third kappa shape index (κ3) is 5.18. The Morgan fingerprint density at radius 3 is 2.49 bits per heavy atom. The van der Waals surface area contributed by atoms with E-state index in [0.29, 0.717) is 18.8 Å². The number of para-hydroxylation sites is 2. The summed E-state index contributed by atoms with van der Waals surface area (Å²) in [7, 11) is 1.98. The van der Waals surface area contributed by atoms with Crippen LogP contribution < -0.4 is 19.7 Å². The number of benzene rings is 3. The van der Waals surface area contributed by atoms with E-state index in [0.717, 1.165) is 64.5 Å². The maximum Gasteiger partial charge on any atom is 0.286 e. The first-order chi connectivity index (χ1) is 18.9. The number of imidazole rings is 1. The van der Waals surface area contributed by atoms with Gasteiger partial charge < -0.3 is 18.9 Å². The third-order valence-corrected chi connectivity index (χ3v) is 8.40. The quantitative estimate of drug-likeness (QED) is 0.300. The summed E-state index contributed by atoms with van der Waals surface area (Å²) in [6.07, 6.45) is 2.89. The predicted octanol–water partition coefficient (Wildman–Crippen LogP) is 5.83. The van der Waals surface area contributed by atoms with Crippen LogP contribution in [0.2, 0.25) is 0 Å². The summed E-state index contributed by atoms with van der Waals surface area (Å²) >= 11 is 1.04. The first-order valence-electron chi connectivity index (χ1n) is 13.1. The van der Waals surface area contributed by atoms with E-state index < -0.39 is 4.75 Å². The van der Waals surface area contributed by atoms with Crippen LogP contribution in [0.1, 0.15) is 31.2 Å². The highest BCUT2D eigenvalue weighted by atomic mass is 32.2. The maximum absolute atomic E-state index is 12.1. The molecule has 39 heavy (non-hydrogen) atoms. The molecule has 2 saturated heterocycles. The molecule has 2 fully saturated rings. The molecule has 1 N–H and O–H groups in total. The van der Waals surface area contributed by atoms with Gasteiger partial charge in [0.1, 0.15) is 28.7 Å². The lowest BCUT2D eigenvalue weighted by atomic mass is 9.99. The van der Waals surface area contributed by atoms with Crippen LogP contribution in [0.25, 0.3) is 11.0 Å². The van der Waals surface area contributed by atoms with E-state index in [9.17, 15) is 9.59 Å². The molecule has 3 aromatic carbocycles. The van der Waals surface area contributed by atoms with Crippen molar-refractivity contribution in [1.29, 1.82) is 0 Å². The van der Waals surface area contributed by atoms with Crippen LogP contribution >= 0.6 is 11.8 Å². The topological polar surface area (TPSA) is 85.7 Å². The van der Waals surface area contributed by atoms with Crippen LogP contribution in [0.3, 0.4) is 0 Å². The molecular weight excluding hydrogens is 512 g/mol. The Kier molecular flexibility index (Phi) is 6.68. The summed E-state index contributed by atoms with van der Waals surface area (Å²) < 4.78 is 13.6. The number of nitrogens with zero attached hydrogens (tertiary/aromatic N) is 3. The van der Waals surface area contributed by atoms with Crippen molar-refractivity contribution in [1.82, 2.24) is 14.9 Å². The van der Waals surface area contributed by atoms with E-state index in [-0.39, 0.29) is 11.1 Å². The van der Waals surface area contributed by atoms with Crippen LogP contribution in [0.15, 0.2) is 66.7 Å². The van der Waals surface area contributed by atoms with Gasteiger partial charge >= 0.3 is 0 Å². The Morgan fingerprint density at radius 1 is 1.00 bits per heavy atom. The smallest absolute Gasteiger partial charge is 0.286 e. The molecule has 2 aliphatic rings. The van der Waals surface area contributed by atoms with Crippen molar-refractivity contribution in [3.05, 3.63) is 78.1 Å². The molecule has 0 bridgehead atoms. The van der Waals surface area contributed by atoms with Gasteiger partial charge in [0.15, 0.2) is 5.75 Å². The molecule has 9 heteroatoms. The predicted molar refractivity (Wildman–Crippen MR) is 153 cm³/mol. The van der Waals surface area contributed by atoms with Gasteiger partial charge in [0.05, 0.1) is 16.7 Å². The Morgan fingerprint density at radius 2 is 1.74 bits per heavy atom. The Hall–Kier alpha value is -3.98. The highest BCUT2D eigenvalue weighted by Crippen LogP contribution is 2.36. The van der Waals surface area contributed by atoms with Crippen LogP contribution in [0.5, 0.6) is 17.2 Å². The Balaban J connectivity index is 1.13. The Bertz CT molecular complexity index is 1540. The van der Waals surface area contributed by atoms with Crippen LogP contribution in [-0.4, -0.2) is 38.5 Å². The number of carbonyl (C=O) groups is 2. The number of ether oxygens (including phenoxy) is 2. The van der Waals surface area contributed by atoms with Gasteiger partial charge in [-0.25, -0.2) is 4.98 Å². The number of anilines is 1. The minimum atomic E-state index is -0.786. The van der Waals surface area contributed by atoms with Crippen molar-refractivity contribution in [2.45, 2.75) is 37.5 Å². The number of nitrogens with one attached hydrogen (secondary N) is 1. The molecular formula is C30H30N4O4S. The normalized spacial score (nSPS) is 19.1. The van der Waals surface area contributed by atoms with E-state index >= 15 is 0 Å². The monoisotopic (exact) mass is 542 g/mol. The summed E-state index contributed by atoms with van der Waals surface area (Å²) in [5.41, 5.74) is 3.94. The molecule has 0 aliphatic carbocycles. The van der Waals surface area contributed by atoms with Gasteiger partial charge in [-0.15, -0.1) is 0 Å². The summed E-state index contributed by atoms with van der Waals surface area (Å²) in [5, 5.41) is 2.07. The van der Waals surface area contributed by atoms with Gasteiger partial charge in [-0.3, -0.25) is 14.9 Å². The fraction of sp³-hybridized carbons (Fsp3) is 0.300. The molecule has 200 valence electrons. The van der Waals surface area contributed by atoms with E-state index in [1.54, 1.807) is 6.92 Å². The maximum atomic E-state index is 12.1. The standard InChI is InChI=1S/C30H30N4O4S/c1-30(28(35)32-29(36)39-30)18-20-9-11-21(12-10-20)37-19-27-31-23-14-13-22(17-25(23)33(27)2)38-26-8-4-3-7-24(26)34-15-5-6-16-34/h3-4,7-14,17H,5-6,15-16,18-19H2,1-2H3,(H,32,35,36). The fourth-order valence-corrected chi connectivity index (χ4v) is 6.10. The van der Waals surface area contributed by atoms with Gasteiger partial charge in [0.25, 0.3) is 5.24 Å². The molecule has 2 aliphatic heterocycles. The average molecular weight is 543 g/mol. The molecule has 1 aromatic heterocycles. The van der Waals surface area contributed by atoms with Crippen molar-refractivity contribution in [3.63, 3.8) is 0 Å². The molecule has 0 spiro atoms. The fourth-order valence-electron chi connectivity index (χ4n) is 5.16. The van der Waals surface area contributed by atoms with Gasteiger partial charge in [0.2, 0.25) is 5.91 Å². The summed E-state index contributed by atoms with van der Waals surface area (Å²) in [4.78, 5) is 30.9. The lowest BCUT2D eigenvalue weighted by Crippen LogP contribution is -2.35. The van der Waals surface area contributed by atoms with E-state index in [1.807, 2.05) is 66.2 Å². The zero-order chi connectivity index (χ0) is 27.0. The number of hydrogen-bond donors (Lipinski definition) is 1. The van der Waals surface area contributed by atoms with Crippen molar-refractivity contribution >= 4 is 39.6 Å². The minimum Gasteiger partial charge on any atom is -0.486 e. The summed E-state index contributed by atoms with van der Waals surface area (Å²) in [5.74, 6) is 2.89. The molecule has 1 unspecified atom stereocenters. The molecule has 3 heterocycles. The highest BCUT2D eigenvalue weighted by molar-refractivity contribution is 8.16. The second-order valence-corrected chi connectivity index (χ2v) is 11.7. The zero-order valence-corrected chi connectivity index (χ0v) is 22.8. The number of carbonyl (C=O) groups excluding carboxylic acids is 2. The summed E-state index contributed by atoms with van der Waals surface area (Å²) in [6, 6.07) is 21.8. The van der Waals surface area contributed by atoms with Crippen LogP contribution in [0, 0.1) is 0 Å². The lowest BCUT2D eigenvalue weighted by Gasteiger charge is -2.21. The second kappa shape index (κ2) is 10.3. The van der Waals surface area contributed by atoms with Crippen LogP contribution in [-0.2, 0) is 24.9 Å². The second-order valence-electron chi connectivity index (χ2n) is 10.2. The number of aryl methyl sites for hydroxylation is 1. The van der Waals surface area contributed by atoms with Crippen molar-refractivity contribution < 1.29 is 19.1 Å². The summed E-state index contributed by atoms with van der Waals surface area (Å²) in [6.45, 7) is 4.22. The number of rotatable bonds is 8. The number of thioether (sulfide) groups is 1. The molecule has 8 nitrogen and oxygen atoms in total. The van der Waals surface area contributed by atoms with Gasteiger partial charge in [-0.1, -0.05) is 24.3 Å². The number of hydrogen-bond acceptors (Lipinski definition) is 7. The number of aromatic nitrogens is 2. The molecule has 6 rings (SSSR count). The Labute approximate surface area is 231 Å². The van der Waals surface area contributed by atoms with Gasteiger partial charge in [-0.05, 0) is 79.9 Å². The lowest BCUT2D eigenvalue weighted by molar-refractivity contribution is -0.121. The van der Waals surface area contributed by atoms with Gasteiger partial charge in [-0.2, -0.15) is 0 Å². The SMILES string of the molecule is Cn1c(COc2ccc(CC3(C)SC(=O)NC3=O)cc2)nc2ccc(Oc3ccccc3N3CCCC3)cc21. The molecule has 4 aromatic rings. The minimum absolute atomic E-state index is 0.246. The van der Waals surface area contributed by atoms with Crippen molar-refractivity contribution in [2.75, 3.05) is 18.0 Å². The largest absolute Gasteiger partial charge is 0.486 e. The van der Waals surface area contributed by atoms with Crippen molar-refractivity contribution in [3.8, 4) is 17.2 Å². The van der Waals surface area contributed by atoms with E-state index in [2.05, 4.69) is 22.3 Å². The molecule has 0 radical (unpaired) electrons.